The van der Waals surface area contributed by atoms with E-state index in [2.05, 4.69) is 13.8 Å². The van der Waals surface area contributed by atoms with Crippen LogP contribution >= 0.6 is 11.6 Å². The van der Waals surface area contributed by atoms with E-state index in [-0.39, 0.29) is 10.6 Å². The Labute approximate surface area is 131 Å². The zero-order valence-electron chi connectivity index (χ0n) is 12.8. The number of halogens is 2. The van der Waals surface area contributed by atoms with Crippen molar-refractivity contribution in [1.82, 2.24) is 0 Å². The Bertz CT molecular complexity index is 484. The summed E-state index contributed by atoms with van der Waals surface area (Å²) in [4.78, 5) is 0. The van der Waals surface area contributed by atoms with Gasteiger partial charge in [-0.15, -0.1) is 0 Å². The SMILES string of the molecule is CC(C)C1CCC(CN)(C(O)c2cccc(Cl)c2F)CC1. The van der Waals surface area contributed by atoms with Crippen LogP contribution in [0.1, 0.15) is 51.2 Å². The summed E-state index contributed by atoms with van der Waals surface area (Å²) in [6.07, 6.45) is 2.84. The molecule has 1 aliphatic carbocycles. The summed E-state index contributed by atoms with van der Waals surface area (Å²) in [6.45, 7) is 4.82. The average molecular weight is 314 g/mol. The second-order valence-electron chi connectivity index (χ2n) is 6.69. The van der Waals surface area contributed by atoms with Gasteiger partial charge in [0.05, 0.1) is 11.1 Å². The third kappa shape index (κ3) is 3.25. The Morgan fingerprint density at radius 2 is 2.00 bits per heavy atom. The number of rotatable bonds is 4. The second kappa shape index (κ2) is 6.64. The first-order valence-corrected chi connectivity index (χ1v) is 8.11. The van der Waals surface area contributed by atoms with Gasteiger partial charge in [-0.3, -0.25) is 0 Å². The van der Waals surface area contributed by atoms with Crippen LogP contribution < -0.4 is 5.73 Å². The maximum absolute atomic E-state index is 14.2. The molecule has 1 fully saturated rings. The normalized spacial score (nSPS) is 27.9. The van der Waals surface area contributed by atoms with Gasteiger partial charge in [-0.1, -0.05) is 37.6 Å². The molecule has 1 aromatic rings. The van der Waals surface area contributed by atoms with E-state index in [0.717, 1.165) is 25.7 Å². The van der Waals surface area contributed by atoms with E-state index in [4.69, 9.17) is 17.3 Å². The van der Waals surface area contributed by atoms with Gasteiger partial charge in [0.1, 0.15) is 5.82 Å². The van der Waals surface area contributed by atoms with Crippen LogP contribution in [0.4, 0.5) is 4.39 Å². The van der Waals surface area contributed by atoms with Crippen LogP contribution in [0.3, 0.4) is 0 Å². The lowest BCUT2D eigenvalue weighted by molar-refractivity contribution is -0.0167. The largest absolute Gasteiger partial charge is 0.388 e. The molecule has 2 nitrogen and oxygen atoms in total. The molecule has 118 valence electrons. The summed E-state index contributed by atoms with van der Waals surface area (Å²) >= 11 is 5.83. The molecule has 0 saturated heterocycles. The van der Waals surface area contributed by atoms with Crippen molar-refractivity contribution >= 4 is 11.6 Å². The molecule has 0 aliphatic heterocycles. The third-order valence-electron chi connectivity index (χ3n) is 5.23. The number of nitrogens with two attached hydrogens (primary N) is 1. The smallest absolute Gasteiger partial charge is 0.147 e. The van der Waals surface area contributed by atoms with E-state index in [9.17, 15) is 9.50 Å². The molecule has 2 rings (SSSR count). The van der Waals surface area contributed by atoms with E-state index in [1.165, 1.54) is 6.07 Å². The minimum atomic E-state index is -0.894. The molecule has 0 bridgehead atoms. The number of aliphatic hydroxyl groups is 1. The molecule has 21 heavy (non-hydrogen) atoms. The van der Waals surface area contributed by atoms with Gasteiger partial charge in [0, 0.05) is 17.5 Å². The fourth-order valence-corrected chi connectivity index (χ4v) is 3.71. The van der Waals surface area contributed by atoms with Crippen molar-refractivity contribution in [2.24, 2.45) is 23.0 Å². The lowest BCUT2D eigenvalue weighted by Gasteiger charge is -2.44. The fourth-order valence-electron chi connectivity index (χ4n) is 3.53. The fraction of sp³-hybridized carbons (Fsp3) is 0.647. The summed E-state index contributed by atoms with van der Waals surface area (Å²) in [6, 6.07) is 4.78. The molecule has 1 unspecified atom stereocenters. The summed E-state index contributed by atoms with van der Waals surface area (Å²) in [5.41, 5.74) is 5.81. The lowest BCUT2D eigenvalue weighted by Crippen LogP contribution is -2.41. The van der Waals surface area contributed by atoms with Crippen LogP contribution in [0.25, 0.3) is 0 Å². The van der Waals surface area contributed by atoms with Crippen molar-refractivity contribution in [2.45, 2.75) is 45.6 Å². The van der Waals surface area contributed by atoms with E-state index >= 15 is 0 Å². The lowest BCUT2D eigenvalue weighted by atomic mass is 9.64. The van der Waals surface area contributed by atoms with Crippen molar-refractivity contribution in [1.29, 1.82) is 0 Å². The molecule has 0 heterocycles. The van der Waals surface area contributed by atoms with E-state index in [1.54, 1.807) is 12.1 Å². The van der Waals surface area contributed by atoms with Crippen molar-refractivity contribution in [2.75, 3.05) is 6.54 Å². The van der Waals surface area contributed by atoms with Gasteiger partial charge in [0.2, 0.25) is 0 Å². The van der Waals surface area contributed by atoms with Gasteiger partial charge in [-0.05, 0) is 43.6 Å². The maximum Gasteiger partial charge on any atom is 0.147 e. The monoisotopic (exact) mass is 313 g/mol. The van der Waals surface area contributed by atoms with Crippen LogP contribution in [0.15, 0.2) is 18.2 Å². The highest BCUT2D eigenvalue weighted by Gasteiger charge is 2.42. The highest BCUT2D eigenvalue weighted by atomic mass is 35.5. The zero-order chi connectivity index (χ0) is 15.6. The first-order chi connectivity index (χ1) is 9.91. The summed E-state index contributed by atoms with van der Waals surface area (Å²) < 4.78 is 14.2. The molecule has 1 atom stereocenters. The first kappa shape index (κ1) is 16.7. The van der Waals surface area contributed by atoms with Crippen LogP contribution in [0.2, 0.25) is 5.02 Å². The molecular formula is C17H25ClFNO. The van der Waals surface area contributed by atoms with Gasteiger partial charge in [0.15, 0.2) is 0 Å². The molecule has 1 aromatic carbocycles. The summed E-state index contributed by atoms with van der Waals surface area (Å²) in [5, 5.41) is 10.8. The van der Waals surface area contributed by atoms with Gasteiger partial charge < -0.3 is 10.8 Å². The number of hydrogen-bond acceptors (Lipinski definition) is 2. The van der Waals surface area contributed by atoms with Crippen molar-refractivity contribution in [3.05, 3.63) is 34.6 Å². The van der Waals surface area contributed by atoms with Crippen molar-refractivity contribution < 1.29 is 9.50 Å². The first-order valence-electron chi connectivity index (χ1n) is 7.73. The molecular weight excluding hydrogens is 289 g/mol. The Kier molecular flexibility index (Phi) is 5.29. The van der Waals surface area contributed by atoms with Gasteiger partial charge in [-0.2, -0.15) is 0 Å². The molecule has 0 amide bonds. The Hall–Kier alpha value is -0.640. The topological polar surface area (TPSA) is 46.2 Å². The van der Waals surface area contributed by atoms with Gasteiger partial charge >= 0.3 is 0 Å². The third-order valence-corrected chi connectivity index (χ3v) is 5.52. The zero-order valence-corrected chi connectivity index (χ0v) is 13.5. The van der Waals surface area contributed by atoms with Crippen molar-refractivity contribution in [3.63, 3.8) is 0 Å². The Balaban J connectivity index is 2.23. The highest BCUT2D eigenvalue weighted by Crippen LogP contribution is 2.49. The second-order valence-corrected chi connectivity index (χ2v) is 7.10. The predicted octanol–water partition coefficient (Wildman–Crippen LogP) is 4.30. The molecule has 0 spiro atoms. The standard InChI is InChI=1S/C17H25ClFNO/c1-11(2)12-6-8-17(10-20,9-7-12)16(21)13-4-3-5-14(18)15(13)19/h3-5,11-12,16,21H,6-10,20H2,1-2H3. The molecule has 3 N–H and O–H groups in total. The van der Waals surface area contributed by atoms with Gasteiger partial charge in [-0.25, -0.2) is 4.39 Å². The number of aliphatic hydroxyl groups excluding tert-OH is 1. The van der Waals surface area contributed by atoms with E-state index in [1.807, 2.05) is 0 Å². The summed E-state index contributed by atoms with van der Waals surface area (Å²) in [5.74, 6) is 0.785. The minimum absolute atomic E-state index is 0.0505. The van der Waals surface area contributed by atoms with Crippen LogP contribution in [0, 0.1) is 23.1 Å². The Morgan fingerprint density at radius 1 is 1.38 bits per heavy atom. The minimum Gasteiger partial charge on any atom is -0.388 e. The molecule has 0 aromatic heterocycles. The summed E-state index contributed by atoms with van der Waals surface area (Å²) in [7, 11) is 0. The van der Waals surface area contributed by atoms with Crippen LogP contribution in [-0.4, -0.2) is 11.7 Å². The molecule has 1 saturated carbocycles. The van der Waals surface area contributed by atoms with Crippen LogP contribution in [0.5, 0.6) is 0 Å². The quantitative estimate of drug-likeness (QED) is 0.870. The molecule has 4 heteroatoms. The average Bonchev–Trinajstić information content (AvgIpc) is 2.49. The molecule has 1 aliphatic rings. The number of hydrogen-bond donors (Lipinski definition) is 2. The molecule has 0 radical (unpaired) electrons. The van der Waals surface area contributed by atoms with E-state index < -0.39 is 17.3 Å². The van der Waals surface area contributed by atoms with E-state index in [0.29, 0.717) is 18.4 Å². The Morgan fingerprint density at radius 3 is 2.52 bits per heavy atom. The highest BCUT2D eigenvalue weighted by molar-refractivity contribution is 6.30. The van der Waals surface area contributed by atoms with Crippen LogP contribution in [-0.2, 0) is 0 Å². The number of benzene rings is 1. The predicted molar refractivity (Wildman–Crippen MR) is 84.7 cm³/mol. The van der Waals surface area contributed by atoms with Gasteiger partial charge in [0.25, 0.3) is 0 Å². The maximum atomic E-state index is 14.2. The van der Waals surface area contributed by atoms with Crippen molar-refractivity contribution in [3.8, 4) is 0 Å².